The lowest BCUT2D eigenvalue weighted by molar-refractivity contribution is 0.793. The van der Waals surface area contributed by atoms with Crippen molar-refractivity contribution >= 4 is 0 Å². The molecule has 0 aliphatic heterocycles. The van der Waals surface area contributed by atoms with Crippen molar-refractivity contribution in [3.05, 3.63) is 222 Å². The predicted octanol–water partition coefficient (Wildman–Crippen LogP) is 12.4. The van der Waals surface area contributed by atoms with Crippen LogP contribution in [0.3, 0.4) is 0 Å². The summed E-state index contributed by atoms with van der Waals surface area (Å²) >= 11 is 0. The minimum atomic E-state index is -0.533. The van der Waals surface area contributed by atoms with Gasteiger partial charge >= 0.3 is 0 Å². The Labute approximate surface area is 331 Å². The zero-order chi connectivity index (χ0) is 37.9. The van der Waals surface area contributed by atoms with Crippen LogP contribution in [0, 0.1) is 11.3 Å². The molecule has 0 fully saturated rings. The quantitative estimate of drug-likeness (QED) is 0.177. The van der Waals surface area contributed by atoms with Crippen molar-refractivity contribution in [2.24, 2.45) is 0 Å². The summed E-state index contributed by atoms with van der Waals surface area (Å²) in [4.78, 5) is 14.9. The number of rotatable bonds is 5. The molecule has 0 N–H and O–H groups in total. The molecule has 8 aromatic carbocycles. The fourth-order valence-electron chi connectivity index (χ4n) is 9.04. The third-order valence-corrected chi connectivity index (χ3v) is 11.6. The molecule has 0 unspecified atom stereocenters. The Morgan fingerprint density at radius 2 is 0.719 bits per heavy atom. The highest BCUT2D eigenvalue weighted by molar-refractivity contribution is 5.96. The summed E-state index contributed by atoms with van der Waals surface area (Å²) in [6.45, 7) is 0. The second-order valence-corrected chi connectivity index (χ2v) is 14.7. The molecular weight excluding hydrogens is 693 g/mol. The summed E-state index contributed by atoms with van der Waals surface area (Å²) in [5, 5.41) is 10.1. The van der Waals surface area contributed by atoms with Crippen molar-refractivity contribution < 1.29 is 0 Å². The average Bonchev–Trinajstić information content (AvgIpc) is 3.76. The molecule has 0 saturated carbocycles. The smallest absolute Gasteiger partial charge is 0.164 e. The van der Waals surface area contributed by atoms with Crippen molar-refractivity contribution in [1.82, 2.24) is 15.0 Å². The van der Waals surface area contributed by atoms with Gasteiger partial charge < -0.3 is 0 Å². The van der Waals surface area contributed by atoms with E-state index in [1.54, 1.807) is 0 Å². The summed E-state index contributed by atoms with van der Waals surface area (Å²) in [6.07, 6.45) is 0. The molecule has 4 heteroatoms. The van der Waals surface area contributed by atoms with Gasteiger partial charge in [-0.1, -0.05) is 164 Å². The Hall–Kier alpha value is -7.74. The number of benzene rings is 8. The molecule has 1 spiro atoms. The molecule has 0 atom stereocenters. The van der Waals surface area contributed by atoms with Gasteiger partial charge in [-0.15, -0.1) is 0 Å². The summed E-state index contributed by atoms with van der Waals surface area (Å²) in [7, 11) is 0. The molecule has 2 aliphatic rings. The molecule has 57 heavy (non-hydrogen) atoms. The van der Waals surface area contributed by atoms with Crippen molar-refractivity contribution in [2.45, 2.75) is 5.41 Å². The van der Waals surface area contributed by atoms with E-state index in [1.165, 1.54) is 44.5 Å². The van der Waals surface area contributed by atoms with Crippen LogP contribution in [0.15, 0.2) is 194 Å². The van der Waals surface area contributed by atoms with Crippen LogP contribution in [0.2, 0.25) is 0 Å². The standard InChI is InChI=1S/C53H32N4/c54-33-34-25-27-44-45-28-26-40(32-49(45)53(48(44)29-34)46-23-9-7-21-42(46)43-22-8-10-24-47(43)53)38-18-11-17-37(30-38)39-19-12-20-41(31-39)52-56-50(35-13-3-1-4-14-35)55-51(57-52)36-15-5-2-6-16-36/h1-32H. The van der Waals surface area contributed by atoms with E-state index in [2.05, 4.69) is 133 Å². The highest BCUT2D eigenvalue weighted by atomic mass is 15.0. The van der Waals surface area contributed by atoms with E-state index in [9.17, 15) is 5.26 Å². The van der Waals surface area contributed by atoms with Crippen LogP contribution in [-0.2, 0) is 5.41 Å². The molecule has 0 radical (unpaired) electrons. The number of fused-ring (bicyclic) bond motifs is 10. The lowest BCUT2D eigenvalue weighted by atomic mass is 9.70. The van der Waals surface area contributed by atoms with Gasteiger partial charge in [0.2, 0.25) is 0 Å². The van der Waals surface area contributed by atoms with Crippen molar-refractivity contribution in [3.8, 4) is 84.7 Å². The first-order valence-corrected chi connectivity index (χ1v) is 19.2. The maximum Gasteiger partial charge on any atom is 0.164 e. The minimum Gasteiger partial charge on any atom is -0.208 e. The normalized spacial score (nSPS) is 12.7. The second-order valence-electron chi connectivity index (χ2n) is 14.7. The van der Waals surface area contributed by atoms with Gasteiger partial charge in [0.15, 0.2) is 17.5 Å². The van der Waals surface area contributed by atoms with Gasteiger partial charge in [-0.2, -0.15) is 5.26 Å². The van der Waals surface area contributed by atoms with Crippen LogP contribution in [-0.4, -0.2) is 15.0 Å². The van der Waals surface area contributed by atoms with Gasteiger partial charge in [-0.25, -0.2) is 15.0 Å². The number of hydrogen-bond acceptors (Lipinski definition) is 4. The Morgan fingerprint density at radius 3 is 1.28 bits per heavy atom. The molecule has 11 rings (SSSR count). The minimum absolute atomic E-state index is 0.533. The van der Waals surface area contributed by atoms with E-state index in [0.29, 0.717) is 23.0 Å². The second kappa shape index (κ2) is 12.9. The lowest BCUT2D eigenvalue weighted by Crippen LogP contribution is -2.26. The summed E-state index contributed by atoms with van der Waals surface area (Å²) < 4.78 is 0. The maximum atomic E-state index is 10.1. The van der Waals surface area contributed by atoms with Gasteiger partial charge in [-0.3, -0.25) is 0 Å². The molecule has 0 amide bonds. The van der Waals surface area contributed by atoms with Gasteiger partial charge in [0, 0.05) is 16.7 Å². The third kappa shape index (κ3) is 5.10. The first-order chi connectivity index (χ1) is 28.2. The monoisotopic (exact) mass is 724 g/mol. The zero-order valence-electron chi connectivity index (χ0n) is 30.8. The fraction of sp³-hybridized carbons (Fsp3) is 0.0189. The maximum absolute atomic E-state index is 10.1. The van der Waals surface area contributed by atoms with Crippen LogP contribution >= 0.6 is 0 Å². The molecule has 1 aromatic heterocycles. The molecule has 1 heterocycles. The van der Waals surface area contributed by atoms with Gasteiger partial charge in [0.25, 0.3) is 0 Å². The lowest BCUT2D eigenvalue weighted by Gasteiger charge is -2.30. The molecule has 2 aliphatic carbocycles. The topological polar surface area (TPSA) is 62.5 Å². The molecular formula is C53H32N4. The van der Waals surface area contributed by atoms with Crippen molar-refractivity contribution in [1.29, 1.82) is 5.26 Å². The largest absolute Gasteiger partial charge is 0.208 e. The van der Waals surface area contributed by atoms with Crippen molar-refractivity contribution in [2.75, 3.05) is 0 Å². The molecule has 264 valence electrons. The molecule has 9 aromatic rings. The molecule has 0 saturated heterocycles. The van der Waals surface area contributed by atoms with Gasteiger partial charge in [-0.05, 0) is 97.1 Å². The summed E-state index contributed by atoms with van der Waals surface area (Å²) in [6, 6.07) is 70.4. The van der Waals surface area contributed by atoms with Crippen LogP contribution in [0.1, 0.15) is 27.8 Å². The predicted molar refractivity (Wildman–Crippen MR) is 228 cm³/mol. The van der Waals surface area contributed by atoms with E-state index in [4.69, 9.17) is 15.0 Å². The highest BCUT2D eigenvalue weighted by Crippen LogP contribution is 2.63. The number of nitrogens with zero attached hydrogens (tertiary/aromatic N) is 4. The van der Waals surface area contributed by atoms with Crippen LogP contribution in [0.25, 0.3) is 78.7 Å². The van der Waals surface area contributed by atoms with Gasteiger partial charge in [0.05, 0.1) is 17.0 Å². The van der Waals surface area contributed by atoms with Crippen LogP contribution in [0.4, 0.5) is 0 Å². The Bertz CT molecular complexity index is 2980. The van der Waals surface area contributed by atoms with E-state index >= 15 is 0 Å². The molecule has 0 bridgehead atoms. The zero-order valence-corrected chi connectivity index (χ0v) is 30.8. The Morgan fingerprint density at radius 1 is 0.316 bits per heavy atom. The summed E-state index contributed by atoms with van der Waals surface area (Å²) in [5.74, 6) is 1.90. The van der Waals surface area contributed by atoms with E-state index in [0.717, 1.165) is 38.9 Å². The average molecular weight is 725 g/mol. The first kappa shape index (κ1) is 32.7. The fourth-order valence-corrected chi connectivity index (χ4v) is 9.04. The number of hydrogen-bond donors (Lipinski definition) is 0. The highest BCUT2D eigenvalue weighted by Gasteiger charge is 2.51. The van der Waals surface area contributed by atoms with Crippen LogP contribution in [0.5, 0.6) is 0 Å². The number of nitriles is 1. The Balaban J connectivity index is 1.03. The van der Waals surface area contributed by atoms with Crippen molar-refractivity contribution in [3.63, 3.8) is 0 Å². The third-order valence-electron chi connectivity index (χ3n) is 11.6. The number of aromatic nitrogens is 3. The van der Waals surface area contributed by atoms with Gasteiger partial charge in [0.1, 0.15) is 0 Å². The SMILES string of the molecule is N#Cc1ccc2c(c1)C1(c3ccccc3-c3ccccc31)c1cc(-c3cccc(-c4cccc(-c5nc(-c6ccccc6)nc(-c6ccccc6)n5)c4)c3)ccc1-2. The molecule has 4 nitrogen and oxygen atoms in total. The Kier molecular flexibility index (Phi) is 7.42. The first-order valence-electron chi connectivity index (χ1n) is 19.2. The van der Waals surface area contributed by atoms with Crippen LogP contribution < -0.4 is 0 Å². The van der Waals surface area contributed by atoms with E-state index in [-0.39, 0.29) is 0 Å². The van der Waals surface area contributed by atoms with E-state index in [1.807, 2.05) is 66.7 Å². The van der Waals surface area contributed by atoms with E-state index < -0.39 is 5.41 Å². The summed E-state index contributed by atoms with van der Waals surface area (Å²) in [5.41, 5.74) is 17.2.